The summed E-state index contributed by atoms with van der Waals surface area (Å²) in [7, 11) is 0. The number of benzene rings is 2. The molecule has 1 N–H and O–H groups in total. The molecule has 0 fully saturated rings. The van der Waals surface area contributed by atoms with Crippen molar-refractivity contribution in [1.29, 1.82) is 0 Å². The van der Waals surface area contributed by atoms with Gasteiger partial charge in [0.2, 0.25) is 0 Å². The number of hydrogen-bond acceptors (Lipinski definition) is 3. The van der Waals surface area contributed by atoms with Crippen LogP contribution in [0.2, 0.25) is 15.1 Å². The molecule has 0 heterocycles. The lowest BCUT2D eigenvalue weighted by molar-refractivity contribution is -0.383. The van der Waals surface area contributed by atoms with E-state index in [9.17, 15) is 10.1 Å². The molecule has 19 heavy (non-hydrogen) atoms. The average Bonchev–Trinajstić information content (AvgIpc) is 2.37. The van der Waals surface area contributed by atoms with Crippen LogP contribution in [0.3, 0.4) is 0 Å². The molecule has 2 aromatic carbocycles. The van der Waals surface area contributed by atoms with Gasteiger partial charge in [-0.15, -0.1) is 0 Å². The number of anilines is 2. The molecule has 4 nitrogen and oxygen atoms in total. The van der Waals surface area contributed by atoms with Gasteiger partial charge in [0.25, 0.3) is 0 Å². The third-order valence-corrected chi connectivity index (χ3v) is 3.45. The summed E-state index contributed by atoms with van der Waals surface area (Å²) >= 11 is 17.6. The molecule has 0 bridgehead atoms. The van der Waals surface area contributed by atoms with Crippen LogP contribution in [-0.2, 0) is 0 Å². The van der Waals surface area contributed by atoms with Crippen LogP contribution in [0.4, 0.5) is 17.1 Å². The van der Waals surface area contributed by atoms with Gasteiger partial charge in [-0.3, -0.25) is 10.1 Å². The van der Waals surface area contributed by atoms with E-state index < -0.39 is 4.92 Å². The van der Waals surface area contributed by atoms with Crippen molar-refractivity contribution in [2.45, 2.75) is 0 Å². The Balaban J connectivity index is 2.56. The van der Waals surface area contributed by atoms with Crippen molar-refractivity contribution >= 4 is 51.9 Å². The van der Waals surface area contributed by atoms with Crippen molar-refractivity contribution in [1.82, 2.24) is 0 Å². The second-order valence-corrected chi connectivity index (χ2v) is 4.82. The first-order valence-corrected chi connectivity index (χ1v) is 6.28. The highest BCUT2D eigenvalue weighted by atomic mass is 35.5. The Labute approximate surface area is 124 Å². The van der Waals surface area contributed by atoms with Crippen LogP contribution in [0.1, 0.15) is 0 Å². The highest BCUT2D eigenvalue weighted by molar-refractivity contribution is 6.45. The van der Waals surface area contributed by atoms with Crippen LogP contribution in [0.15, 0.2) is 36.4 Å². The van der Waals surface area contributed by atoms with E-state index >= 15 is 0 Å². The first-order chi connectivity index (χ1) is 9.00. The highest BCUT2D eigenvalue weighted by Gasteiger charge is 2.25. The van der Waals surface area contributed by atoms with Gasteiger partial charge in [0, 0.05) is 5.69 Å². The number of nitrogens with zero attached hydrogens (tertiary/aromatic N) is 1. The molecular weight excluding hydrogens is 311 g/mol. The van der Waals surface area contributed by atoms with Crippen LogP contribution < -0.4 is 5.32 Å². The Morgan fingerprint density at radius 3 is 2.26 bits per heavy atom. The molecule has 0 unspecified atom stereocenters. The molecule has 98 valence electrons. The SMILES string of the molecule is O=[N+]([O-])c1c(Cl)c(Cl)cc(Cl)c1Nc1ccccc1. The number of para-hydroxylation sites is 1. The van der Waals surface area contributed by atoms with Crippen molar-refractivity contribution in [3.63, 3.8) is 0 Å². The van der Waals surface area contributed by atoms with Crippen molar-refractivity contribution in [2.24, 2.45) is 0 Å². The van der Waals surface area contributed by atoms with E-state index in [1.54, 1.807) is 24.3 Å². The maximum atomic E-state index is 11.1. The zero-order valence-electron chi connectivity index (χ0n) is 9.36. The fourth-order valence-electron chi connectivity index (χ4n) is 1.54. The normalized spacial score (nSPS) is 10.3. The number of nitrogens with one attached hydrogen (secondary N) is 1. The van der Waals surface area contributed by atoms with Gasteiger partial charge in [0.15, 0.2) is 0 Å². The lowest BCUT2D eigenvalue weighted by atomic mass is 10.2. The van der Waals surface area contributed by atoms with Gasteiger partial charge in [0.1, 0.15) is 10.7 Å². The summed E-state index contributed by atoms with van der Waals surface area (Å²) in [5, 5.41) is 14.0. The van der Waals surface area contributed by atoms with Gasteiger partial charge in [0.05, 0.1) is 15.0 Å². The van der Waals surface area contributed by atoms with Crippen molar-refractivity contribution in [2.75, 3.05) is 5.32 Å². The Bertz CT molecular complexity index is 633. The van der Waals surface area contributed by atoms with E-state index in [-0.39, 0.29) is 26.4 Å². The molecule has 0 aliphatic rings. The molecule has 0 spiro atoms. The van der Waals surface area contributed by atoms with Crippen molar-refractivity contribution < 1.29 is 4.92 Å². The third kappa shape index (κ3) is 2.92. The van der Waals surface area contributed by atoms with Gasteiger partial charge in [-0.25, -0.2) is 0 Å². The molecule has 0 aliphatic carbocycles. The summed E-state index contributed by atoms with van der Waals surface area (Å²) in [5.74, 6) is 0. The first-order valence-electron chi connectivity index (χ1n) is 5.14. The number of hydrogen-bond donors (Lipinski definition) is 1. The minimum Gasteiger partial charge on any atom is -0.349 e. The quantitative estimate of drug-likeness (QED) is 0.475. The van der Waals surface area contributed by atoms with Gasteiger partial charge >= 0.3 is 5.69 Å². The topological polar surface area (TPSA) is 55.2 Å². The largest absolute Gasteiger partial charge is 0.349 e. The first kappa shape index (κ1) is 13.9. The van der Waals surface area contributed by atoms with E-state index in [1.807, 2.05) is 6.07 Å². The van der Waals surface area contributed by atoms with Crippen LogP contribution in [-0.4, -0.2) is 4.92 Å². The number of rotatable bonds is 3. The summed E-state index contributed by atoms with van der Waals surface area (Å²) in [6, 6.07) is 10.3. The molecule has 2 aromatic rings. The lowest BCUT2D eigenvalue weighted by Gasteiger charge is -2.10. The Morgan fingerprint density at radius 2 is 1.68 bits per heavy atom. The molecular formula is C12H7Cl3N2O2. The van der Waals surface area contributed by atoms with E-state index in [1.165, 1.54) is 6.07 Å². The van der Waals surface area contributed by atoms with Crippen LogP contribution in [0.25, 0.3) is 0 Å². The lowest BCUT2D eigenvalue weighted by Crippen LogP contribution is -1.99. The zero-order valence-corrected chi connectivity index (χ0v) is 11.6. The predicted molar refractivity (Wildman–Crippen MR) is 77.9 cm³/mol. The molecule has 0 saturated carbocycles. The van der Waals surface area contributed by atoms with Crippen LogP contribution >= 0.6 is 34.8 Å². The summed E-state index contributed by atoms with van der Waals surface area (Å²) in [6.07, 6.45) is 0. The van der Waals surface area contributed by atoms with Crippen LogP contribution in [0, 0.1) is 10.1 Å². The average molecular weight is 318 g/mol. The predicted octanol–water partition coefficient (Wildman–Crippen LogP) is 5.30. The second-order valence-electron chi connectivity index (χ2n) is 3.63. The molecule has 0 aromatic heterocycles. The third-order valence-electron chi connectivity index (χ3n) is 2.37. The van der Waals surface area contributed by atoms with Gasteiger partial charge in [-0.1, -0.05) is 53.0 Å². The standard InChI is InChI=1S/C12H7Cl3N2O2/c13-8-6-9(14)11(12(10(8)15)17(18)19)16-7-4-2-1-3-5-7/h1-6,16H. The maximum absolute atomic E-state index is 11.1. The molecule has 0 saturated heterocycles. The minimum atomic E-state index is -0.620. The number of halogens is 3. The summed E-state index contributed by atoms with van der Waals surface area (Å²) in [4.78, 5) is 10.5. The van der Waals surface area contributed by atoms with E-state index in [2.05, 4.69) is 5.32 Å². The smallest absolute Gasteiger partial charge is 0.314 e. The van der Waals surface area contributed by atoms with Gasteiger partial charge in [-0.2, -0.15) is 0 Å². The minimum absolute atomic E-state index is 0.0389. The molecule has 7 heteroatoms. The molecule has 0 amide bonds. The zero-order chi connectivity index (χ0) is 14.0. The molecule has 0 aliphatic heterocycles. The van der Waals surface area contributed by atoms with Gasteiger partial charge < -0.3 is 5.32 Å². The Kier molecular flexibility index (Phi) is 4.14. The Morgan fingerprint density at radius 1 is 1.05 bits per heavy atom. The maximum Gasteiger partial charge on any atom is 0.314 e. The van der Waals surface area contributed by atoms with Crippen molar-refractivity contribution in [3.05, 3.63) is 61.6 Å². The van der Waals surface area contributed by atoms with Gasteiger partial charge in [-0.05, 0) is 18.2 Å². The number of nitro benzene ring substituents is 1. The van der Waals surface area contributed by atoms with Crippen molar-refractivity contribution in [3.8, 4) is 0 Å². The fourth-order valence-corrected chi connectivity index (χ4v) is 2.26. The van der Waals surface area contributed by atoms with E-state index in [0.29, 0.717) is 5.69 Å². The number of nitro groups is 1. The fraction of sp³-hybridized carbons (Fsp3) is 0. The Hall–Kier alpha value is -1.49. The van der Waals surface area contributed by atoms with E-state index in [0.717, 1.165) is 0 Å². The second kappa shape index (κ2) is 5.65. The summed E-state index contributed by atoms with van der Waals surface area (Å²) in [5.41, 5.74) is 0.432. The highest BCUT2D eigenvalue weighted by Crippen LogP contribution is 2.43. The van der Waals surface area contributed by atoms with Crippen LogP contribution in [0.5, 0.6) is 0 Å². The molecule has 0 radical (unpaired) electrons. The van der Waals surface area contributed by atoms with E-state index in [4.69, 9.17) is 34.8 Å². The summed E-state index contributed by atoms with van der Waals surface area (Å²) < 4.78 is 0. The monoisotopic (exact) mass is 316 g/mol. The molecule has 2 rings (SSSR count). The summed E-state index contributed by atoms with van der Waals surface area (Å²) in [6.45, 7) is 0. The molecule has 0 atom stereocenters.